The lowest BCUT2D eigenvalue weighted by molar-refractivity contribution is 0.0995. The van der Waals surface area contributed by atoms with Crippen molar-refractivity contribution in [2.45, 2.75) is 19.7 Å². The predicted octanol–water partition coefficient (Wildman–Crippen LogP) is 3.59. The summed E-state index contributed by atoms with van der Waals surface area (Å²) in [6, 6.07) is 6.61. The Hall–Kier alpha value is -1.94. The Morgan fingerprint density at radius 3 is 2.68 bits per heavy atom. The van der Waals surface area contributed by atoms with Gasteiger partial charge in [-0.05, 0) is 37.6 Å². The number of hydrogen-bond acceptors (Lipinski definition) is 3. The van der Waals surface area contributed by atoms with Gasteiger partial charge in [-0.2, -0.15) is 0 Å². The van der Waals surface area contributed by atoms with E-state index in [1.165, 1.54) is 0 Å². The quantitative estimate of drug-likeness (QED) is 0.667. The fourth-order valence-corrected chi connectivity index (χ4v) is 1.96. The summed E-state index contributed by atoms with van der Waals surface area (Å²) in [5.74, 6) is 0.687. The molecule has 0 aliphatic carbocycles. The molecule has 100 valence electrons. The first kappa shape index (κ1) is 13.5. The minimum Gasteiger partial charge on any atom is -0.506 e. The zero-order chi connectivity index (χ0) is 14.0. The summed E-state index contributed by atoms with van der Waals surface area (Å²) < 4.78 is 5.33. The Bertz CT molecular complexity index is 619. The van der Waals surface area contributed by atoms with Gasteiger partial charge in [-0.1, -0.05) is 6.07 Å². The van der Waals surface area contributed by atoms with E-state index in [2.05, 4.69) is 5.32 Å². The van der Waals surface area contributed by atoms with Crippen LogP contribution in [0.25, 0.3) is 0 Å². The van der Waals surface area contributed by atoms with E-state index in [9.17, 15) is 9.90 Å². The molecule has 0 unspecified atom stereocenters. The molecule has 19 heavy (non-hydrogen) atoms. The van der Waals surface area contributed by atoms with Gasteiger partial charge in [0.05, 0.1) is 11.6 Å². The van der Waals surface area contributed by atoms with E-state index < -0.39 is 5.91 Å². The summed E-state index contributed by atoms with van der Waals surface area (Å²) >= 11 is 5.72. The molecule has 1 aromatic carbocycles. The van der Waals surface area contributed by atoms with E-state index in [1.54, 1.807) is 31.2 Å². The third-order valence-electron chi connectivity index (χ3n) is 2.79. The molecule has 1 heterocycles. The van der Waals surface area contributed by atoms with Crippen LogP contribution in [-0.4, -0.2) is 11.0 Å². The van der Waals surface area contributed by atoms with Crippen LogP contribution in [0.15, 0.2) is 28.7 Å². The lowest BCUT2D eigenvalue weighted by atomic mass is 10.2. The highest BCUT2D eigenvalue weighted by molar-refractivity contribution is 6.17. The van der Waals surface area contributed by atoms with E-state index in [4.69, 9.17) is 16.0 Å². The number of carbonyl (C=O) groups is 1. The van der Waals surface area contributed by atoms with Crippen molar-refractivity contribution in [3.05, 3.63) is 46.9 Å². The monoisotopic (exact) mass is 279 g/mol. The molecule has 0 aliphatic heterocycles. The highest BCUT2D eigenvalue weighted by Gasteiger charge is 2.15. The average Bonchev–Trinajstić information content (AvgIpc) is 2.74. The number of amides is 1. The maximum atomic E-state index is 12.0. The van der Waals surface area contributed by atoms with E-state index in [-0.39, 0.29) is 11.5 Å². The molecule has 2 rings (SSSR count). The molecule has 2 aromatic rings. The van der Waals surface area contributed by atoms with Crippen molar-refractivity contribution < 1.29 is 14.3 Å². The smallest absolute Gasteiger partial charge is 0.291 e. The van der Waals surface area contributed by atoms with Gasteiger partial charge in [0.2, 0.25) is 0 Å². The van der Waals surface area contributed by atoms with E-state index in [1.807, 2.05) is 6.92 Å². The second-order valence-electron chi connectivity index (χ2n) is 4.30. The number of aryl methyl sites for hydroxylation is 2. The Morgan fingerprint density at radius 2 is 2.11 bits per heavy atom. The molecule has 0 spiro atoms. The lowest BCUT2D eigenvalue weighted by Gasteiger charge is -2.06. The third-order valence-corrected chi connectivity index (χ3v) is 3.08. The highest BCUT2D eigenvalue weighted by Crippen LogP contribution is 2.25. The van der Waals surface area contributed by atoms with Gasteiger partial charge in [-0.15, -0.1) is 11.6 Å². The number of phenolic OH excluding ortho intramolecular Hbond substituents is 1. The molecular formula is C14H14ClNO3. The maximum absolute atomic E-state index is 12.0. The summed E-state index contributed by atoms with van der Waals surface area (Å²) in [6.45, 7) is 3.60. The molecule has 5 heteroatoms. The van der Waals surface area contributed by atoms with Crippen LogP contribution in [0.4, 0.5) is 5.69 Å². The molecular weight excluding hydrogens is 266 g/mol. The van der Waals surface area contributed by atoms with E-state index >= 15 is 0 Å². The first-order valence-corrected chi connectivity index (χ1v) is 6.31. The molecule has 0 fully saturated rings. The number of aromatic hydroxyl groups is 1. The van der Waals surface area contributed by atoms with Gasteiger partial charge >= 0.3 is 0 Å². The van der Waals surface area contributed by atoms with Crippen LogP contribution in [0.5, 0.6) is 5.75 Å². The van der Waals surface area contributed by atoms with Gasteiger partial charge in [0.15, 0.2) is 5.76 Å². The number of alkyl halides is 1. The Morgan fingerprint density at radius 1 is 1.37 bits per heavy atom. The fraction of sp³-hybridized carbons (Fsp3) is 0.214. The Labute approximate surface area is 116 Å². The predicted molar refractivity (Wildman–Crippen MR) is 73.8 cm³/mol. The normalized spacial score (nSPS) is 10.5. The summed E-state index contributed by atoms with van der Waals surface area (Å²) in [5.41, 5.74) is 2.03. The van der Waals surface area contributed by atoms with Crippen LogP contribution in [0.3, 0.4) is 0 Å². The molecule has 1 aromatic heterocycles. The second-order valence-corrected chi connectivity index (χ2v) is 4.57. The van der Waals surface area contributed by atoms with Crippen molar-refractivity contribution in [1.29, 1.82) is 0 Å². The van der Waals surface area contributed by atoms with Gasteiger partial charge in [0, 0.05) is 5.56 Å². The number of hydrogen-bond donors (Lipinski definition) is 2. The summed E-state index contributed by atoms with van der Waals surface area (Å²) in [4.78, 5) is 12.0. The van der Waals surface area contributed by atoms with Crippen molar-refractivity contribution in [3.63, 3.8) is 0 Å². The van der Waals surface area contributed by atoms with Crippen molar-refractivity contribution >= 4 is 23.2 Å². The average molecular weight is 280 g/mol. The van der Waals surface area contributed by atoms with Crippen LogP contribution in [0, 0.1) is 13.8 Å². The third kappa shape index (κ3) is 2.90. The van der Waals surface area contributed by atoms with Gasteiger partial charge in [0.1, 0.15) is 11.5 Å². The van der Waals surface area contributed by atoms with Crippen LogP contribution in [-0.2, 0) is 5.88 Å². The van der Waals surface area contributed by atoms with Gasteiger partial charge in [-0.3, -0.25) is 4.79 Å². The molecule has 0 saturated carbocycles. The number of carbonyl (C=O) groups excluding carboxylic acids is 1. The van der Waals surface area contributed by atoms with Crippen molar-refractivity contribution in [1.82, 2.24) is 0 Å². The second kappa shape index (κ2) is 5.36. The van der Waals surface area contributed by atoms with Crippen molar-refractivity contribution in [2.24, 2.45) is 0 Å². The number of furan rings is 1. The minimum atomic E-state index is -0.418. The van der Waals surface area contributed by atoms with E-state index in [0.717, 1.165) is 11.1 Å². The zero-order valence-electron chi connectivity index (χ0n) is 10.7. The number of anilines is 1. The highest BCUT2D eigenvalue weighted by atomic mass is 35.5. The molecule has 0 aliphatic rings. The van der Waals surface area contributed by atoms with Crippen LogP contribution < -0.4 is 5.32 Å². The number of benzene rings is 1. The topological polar surface area (TPSA) is 62.5 Å². The van der Waals surface area contributed by atoms with Crippen molar-refractivity contribution in [2.75, 3.05) is 5.32 Å². The summed E-state index contributed by atoms with van der Waals surface area (Å²) in [6.07, 6.45) is 0. The SMILES string of the molecule is Cc1ccc(NC(=O)c2cc(CCl)c(C)o2)c(O)c1. The molecule has 0 atom stereocenters. The van der Waals surface area contributed by atoms with Gasteiger partial charge in [-0.25, -0.2) is 0 Å². The van der Waals surface area contributed by atoms with Crippen LogP contribution >= 0.6 is 11.6 Å². The zero-order valence-corrected chi connectivity index (χ0v) is 11.4. The molecule has 0 bridgehead atoms. The fourth-order valence-electron chi connectivity index (χ4n) is 1.70. The molecule has 1 amide bonds. The molecule has 2 N–H and O–H groups in total. The van der Waals surface area contributed by atoms with E-state index in [0.29, 0.717) is 17.3 Å². The lowest BCUT2D eigenvalue weighted by Crippen LogP contribution is -2.11. The number of nitrogens with one attached hydrogen (secondary N) is 1. The minimum absolute atomic E-state index is 0.0224. The number of rotatable bonds is 3. The maximum Gasteiger partial charge on any atom is 0.291 e. The molecule has 0 saturated heterocycles. The first-order chi connectivity index (χ1) is 9.01. The Kier molecular flexibility index (Phi) is 3.81. The molecule has 4 nitrogen and oxygen atoms in total. The van der Waals surface area contributed by atoms with Crippen LogP contribution in [0.2, 0.25) is 0 Å². The van der Waals surface area contributed by atoms with Gasteiger partial charge < -0.3 is 14.8 Å². The largest absolute Gasteiger partial charge is 0.506 e. The standard InChI is InChI=1S/C14H14ClNO3/c1-8-3-4-11(12(17)5-8)16-14(18)13-6-10(7-15)9(2)19-13/h3-6,17H,7H2,1-2H3,(H,16,18). The van der Waals surface area contributed by atoms with Crippen molar-refractivity contribution in [3.8, 4) is 5.75 Å². The summed E-state index contributed by atoms with van der Waals surface area (Å²) in [7, 11) is 0. The number of halogens is 1. The summed E-state index contributed by atoms with van der Waals surface area (Å²) in [5, 5.41) is 12.3. The van der Waals surface area contributed by atoms with Gasteiger partial charge in [0.25, 0.3) is 5.91 Å². The number of phenols is 1. The first-order valence-electron chi connectivity index (χ1n) is 5.77. The van der Waals surface area contributed by atoms with Crippen LogP contribution in [0.1, 0.15) is 27.4 Å². The Balaban J connectivity index is 2.20. The molecule has 0 radical (unpaired) electrons.